The Bertz CT molecular complexity index is 506. The number of H-pyrrole nitrogens is 1. The Morgan fingerprint density at radius 1 is 1.50 bits per heavy atom. The molecule has 0 aliphatic rings. The molecule has 0 aromatic carbocycles. The number of rotatable bonds is 2. The van der Waals surface area contributed by atoms with Gasteiger partial charge in [-0.25, -0.2) is 4.98 Å². The minimum absolute atomic E-state index is 0.296. The van der Waals surface area contributed by atoms with E-state index in [2.05, 4.69) is 20.5 Å². The van der Waals surface area contributed by atoms with Crippen molar-refractivity contribution in [1.29, 1.82) is 0 Å². The van der Waals surface area contributed by atoms with E-state index in [1.54, 1.807) is 18.2 Å². The Morgan fingerprint density at radius 3 is 2.88 bits per heavy atom. The summed E-state index contributed by atoms with van der Waals surface area (Å²) >= 11 is 5.67. The molecule has 1 amide bonds. The average Bonchev–Trinajstić information content (AvgIpc) is 2.65. The lowest BCUT2D eigenvalue weighted by Crippen LogP contribution is -2.13. The maximum absolute atomic E-state index is 11.7. The van der Waals surface area contributed by atoms with E-state index in [-0.39, 0.29) is 5.91 Å². The Morgan fingerprint density at radius 2 is 2.31 bits per heavy atom. The molecule has 0 aliphatic heterocycles. The zero-order valence-electron chi connectivity index (χ0n) is 8.49. The Balaban J connectivity index is 2.11. The van der Waals surface area contributed by atoms with E-state index in [0.29, 0.717) is 16.5 Å². The summed E-state index contributed by atoms with van der Waals surface area (Å²) in [6, 6.07) is 4.89. The van der Waals surface area contributed by atoms with Gasteiger partial charge in [0.1, 0.15) is 5.69 Å². The highest BCUT2D eigenvalue weighted by Crippen LogP contribution is 2.09. The second kappa shape index (κ2) is 4.32. The highest BCUT2D eigenvalue weighted by atomic mass is 35.5. The molecule has 2 rings (SSSR count). The summed E-state index contributed by atoms with van der Waals surface area (Å²) in [6.45, 7) is 1.85. The van der Waals surface area contributed by atoms with Crippen molar-refractivity contribution in [3.8, 4) is 0 Å². The molecule has 0 unspecified atom stereocenters. The lowest BCUT2D eigenvalue weighted by molar-refractivity contribution is 0.102. The van der Waals surface area contributed by atoms with Crippen LogP contribution in [0.1, 0.15) is 16.2 Å². The average molecular weight is 237 g/mol. The molecule has 0 saturated heterocycles. The van der Waals surface area contributed by atoms with Crippen molar-refractivity contribution in [2.45, 2.75) is 6.92 Å². The van der Waals surface area contributed by atoms with Gasteiger partial charge in [-0.3, -0.25) is 9.89 Å². The zero-order valence-corrected chi connectivity index (χ0v) is 9.25. The Hall–Kier alpha value is -1.88. The highest BCUT2D eigenvalue weighted by Gasteiger charge is 2.08. The highest BCUT2D eigenvalue weighted by molar-refractivity contribution is 6.30. The van der Waals surface area contributed by atoms with E-state index >= 15 is 0 Å². The smallest absolute Gasteiger partial charge is 0.275 e. The van der Waals surface area contributed by atoms with Crippen LogP contribution >= 0.6 is 11.6 Å². The summed E-state index contributed by atoms with van der Waals surface area (Å²) in [7, 11) is 0. The van der Waals surface area contributed by atoms with Gasteiger partial charge in [-0.05, 0) is 19.1 Å². The Labute approximate surface area is 96.8 Å². The molecule has 16 heavy (non-hydrogen) atoms. The van der Waals surface area contributed by atoms with Gasteiger partial charge in [0.05, 0.1) is 5.02 Å². The molecule has 0 aliphatic carbocycles. The number of pyridine rings is 1. The molecular weight excluding hydrogens is 228 g/mol. The van der Waals surface area contributed by atoms with Gasteiger partial charge in [0.25, 0.3) is 5.91 Å². The number of halogens is 1. The molecule has 82 valence electrons. The van der Waals surface area contributed by atoms with E-state index in [0.717, 1.165) is 5.69 Å². The number of hydrogen-bond donors (Lipinski definition) is 2. The van der Waals surface area contributed by atoms with Crippen molar-refractivity contribution in [2.24, 2.45) is 0 Å². The van der Waals surface area contributed by atoms with Crippen molar-refractivity contribution in [2.75, 3.05) is 5.32 Å². The van der Waals surface area contributed by atoms with Crippen LogP contribution in [0.4, 0.5) is 5.82 Å². The third kappa shape index (κ3) is 2.38. The summed E-state index contributed by atoms with van der Waals surface area (Å²) in [6.07, 6.45) is 1.42. The number of anilines is 1. The largest absolute Gasteiger partial charge is 0.304 e. The van der Waals surface area contributed by atoms with Gasteiger partial charge in [-0.15, -0.1) is 0 Å². The number of nitrogens with zero attached hydrogens (tertiary/aromatic N) is 2. The fourth-order valence-electron chi connectivity index (χ4n) is 1.17. The van der Waals surface area contributed by atoms with Gasteiger partial charge >= 0.3 is 0 Å². The van der Waals surface area contributed by atoms with E-state index in [4.69, 9.17) is 11.6 Å². The van der Waals surface area contributed by atoms with E-state index in [9.17, 15) is 4.79 Å². The van der Waals surface area contributed by atoms with Gasteiger partial charge < -0.3 is 5.32 Å². The number of carbonyl (C=O) groups excluding carboxylic acids is 1. The van der Waals surface area contributed by atoms with Gasteiger partial charge in [-0.2, -0.15) is 5.10 Å². The van der Waals surface area contributed by atoms with Crippen molar-refractivity contribution in [1.82, 2.24) is 15.2 Å². The summed E-state index contributed by atoms with van der Waals surface area (Å²) in [5, 5.41) is 9.72. The lowest BCUT2D eigenvalue weighted by atomic mass is 10.3. The molecule has 0 spiro atoms. The molecule has 0 radical (unpaired) electrons. The van der Waals surface area contributed by atoms with Crippen LogP contribution in [0, 0.1) is 6.92 Å². The monoisotopic (exact) mass is 236 g/mol. The van der Waals surface area contributed by atoms with Crippen molar-refractivity contribution >= 4 is 23.3 Å². The number of hydrogen-bond acceptors (Lipinski definition) is 3. The molecule has 2 aromatic rings. The maximum atomic E-state index is 11.7. The quantitative estimate of drug-likeness (QED) is 0.838. The molecular formula is C10H9ClN4O. The second-order valence-electron chi connectivity index (χ2n) is 3.25. The number of aromatic amines is 1. The number of aromatic nitrogens is 3. The number of carbonyl (C=O) groups is 1. The van der Waals surface area contributed by atoms with E-state index < -0.39 is 0 Å². The van der Waals surface area contributed by atoms with Crippen molar-refractivity contribution < 1.29 is 4.79 Å². The van der Waals surface area contributed by atoms with Crippen LogP contribution in [0.3, 0.4) is 0 Å². The molecule has 0 fully saturated rings. The standard InChI is InChI=1S/C10H9ClN4O/c1-6-4-9(15-14-6)13-10(16)8-3-2-7(11)5-12-8/h2-5H,1H3,(H2,13,14,15,16). The van der Waals surface area contributed by atoms with Crippen molar-refractivity contribution in [3.05, 3.63) is 40.8 Å². The molecule has 2 heterocycles. The van der Waals surface area contributed by atoms with Crippen molar-refractivity contribution in [3.63, 3.8) is 0 Å². The van der Waals surface area contributed by atoms with Crippen LogP contribution in [0.2, 0.25) is 5.02 Å². The van der Waals surface area contributed by atoms with Gasteiger partial charge in [0.2, 0.25) is 0 Å². The predicted octanol–water partition coefficient (Wildman–Crippen LogP) is 2.02. The molecule has 0 bridgehead atoms. The van der Waals surface area contributed by atoms with E-state index in [1.165, 1.54) is 6.20 Å². The first-order chi connectivity index (χ1) is 7.65. The molecule has 5 nitrogen and oxygen atoms in total. The van der Waals surface area contributed by atoms with Crippen LogP contribution in [0.25, 0.3) is 0 Å². The fourth-order valence-corrected chi connectivity index (χ4v) is 1.28. The van der Waals surface area contributed by atoms with E-state index in [1.807, 2.05) is 6.92 Å². The first kappa shape index (κ1) is 10.6. The molecule has 2 aromatic heterocycles. The minimum atomic E-state index is -0.317. The molecule has 0 atom stereocenters. The van der Waals surface area contributed by atoms with Gasteiger partial charge in [-0.1, -0.05) is 11.6 Å². The Kier molecular flexibility index (Phi) is 2.87. The SMILES string of the molecule is Cc1cc(NC(=O)c2ccc(Cl)cn2)n[nH]1. The van der Waals surface area contributed by atoms with Crippen LogP contribution in [-0.2, 0) is 0 Å². The summed E-state index contributed by atoms with van der Waals surface area (Å²) in [5.41, 5.74) is 1.17. The molecule has 0 saturated carbocycles. The van der Waals surface area contributed by atoms with Crippen LogP contribution < -0.4 is 5.32 Å². The lowest BCUT2D eigenvalue weighted by Gasteiger charge is -2.00. The van der Waals surface area contributed by atoms with Crippen LogP contribution in [-0.4, -0.2) is 21.1 Å². The van der Waals surface area contributed by atoms with Crippen LogP contribution in [0.15, 0.2) is 24.4 Å². The third-order valence-electron chi connectivity index (χ3n) is 1.91. The maximum Gasteiger partial charge on any atom is 0.275 e. The predicted molar refractivity (Wildman–Crippen MR) is 60.5 cm³/mol. The number of aryl methyl sites for hydroxylation is 1. The zero-order chi connectivity index (χ0) is 11.5. The van der Waals surface area contributed by atoms with Gasteiger partial charge in [0.15, 0.2) is 5.82 Å². The fraction of sp³-hybridized carbons (Fsp3) is 0.100. The first-order valence-corrected chi connectivity index (χ1v) is 4.98. The summed E-state index contributed by atoms with van der Waals surface area (Å²) < 4.78 is 0. The third-order valence-corrected chi connectivity index (χ3v) is 2.13. The first-order valence-electron chi connectivity index (χ1n) is 4.60. The molecule has 2 N–H and O–H groups in total. The second-order valence-corrected chi connectivity index (χ2v) is 3.69. The summed E-state index contributed by atoms with van der Waals surface area (Å²) in [4.78, 5) is 15.6. The number of nitrogens with one attached hydrogen (secondary N) is 2. The topological polar surface area (TPSA) is 70.7 Å². The summed E-state index contributed by atoms with van der Waals surface area (Å²) in [5.74, 6) is 0.155. The number of amides is 1. The normalized spacial score (nSPS) is 10.1. The molecule has 6 heteroatoms. The van der Waals surface area contributed by atoms with Gasteiger partial charge in [0, 0.05) is 18.0 Å². The van der Waals surface area contributed by atoms with Crippen LogP contribution in [0.5, 0.6) is 0 Å². The minimum Gasteiger partial charge on any atom is -0.304 e.